The third-order valence-electron chi connectivity index (χ3n) is 3.78. The maximum atomic E-state index is 2.72. The Morgan fingerprint density at radius 2 is 1.11 bits per heavy atom. The number of nitrogens with zero attached hydrogens (tertiary/aromatic N) is 7. The molecule has 1 aliphatic heterocycles. The van der Waals surface area contributed by atoms with E-state index in [1.807, 2.05) is 0 Å². The molecule has 0 radical (unpaired) electrons. The first-order valence-electron chi connectivity index (χ1n) is 6.28. The summed E-state index contributed by atoms with van der Waals surface area (Å²) >= 11 is 0. The van der Waals surface area contributed by atoms with Crippen LogP contribution in [0.25, 0.3) is 0 Å². The molecule has 0 unspecified atom stereocenters. The minimum Gasteiger partial charge on any atom is -0.262 e. The van der Waals surface area contributed by atoms with E-state index in [1.165, 1.54) is 0 Å². The number of hydrogen-bond donors (Lipinski definition) is 0. The molecule has 7 nitrogen and oxygen atoms in total. The van der Waals surface area contributed by atoms with Crippen molar-refractivity contribution in [3.63, 3.8) is 0 Å². The standard InChI is InChI=1S/C8H30N7Si3/c1-9(2)12-16-13(10(3)4)18-14(17-12)15(7,8)11(5)6/h16-18H2,1-8H3/q+1. The molecular formula is C8H30N7Si3+. The van der Waals surface area contributed by atoms with E-state index >= 15 is 0 Å². The molecule has 108 valence electrons. The molecule has 1 heterocycles. The van der Waals surface area contributed by atoms with Crippen LogP contribution in [-0.4, -0.2) is 119 Å². The van der Waals surface area contributed by atoms with Gasteiger partial charge in [0.1, 0.15) is 14.1 Å². The summed E-state index contributed by atoms with van der Waals surface area (Å²) in [6.07, 6.45) is 0. The molecule has 0 aliphatic carbocycles. The lowest BCUT2D eigenvalue weighted by Gasteiger charge is -2.52. The van der Waals surface area contributed by atoms with Crippen LogP contribution in [0.5, 0.6) is 0 Å². The summed E-state index contributed by atoms with van der Waals surface area (Å²) in [4.78, 5) is 0. The maximum Gasteiger partial charge on any atom is 0.235 e. The number of quaternary nitrogens is 1. The molecule has 1 aliphatic rings. The Morgan fingerprint density at radius 1 is 0.722 bits per heavy atom. The molecule has 0 atom stereocenters. The van der Waals surface area contributed by atoms with E-state index in [-0.39, 0.29) is 29.5 Å². The van der Waals surface area contributed by atoms with Crippen molar-refractivity contribution in [3.8, 4) is 0 Å². The van der Waals surface area contributed by atoms with Gasteiger partial charge in [-0.3, -0.25) is 18.7 Å². The summed E-state index contributed by atoms with van der Waals surface area (Å²) < 4.78 is 8.85. The zero-order valence-electron chi connectivity index (χ0n) is 13.3. The molecule has 1 rings (SSSR count). The molecule has 18 heavy (non-hydrogen) atoms. The van der Waals surface area contributed by atoms with Gasteiger partial charge < -0.3 is 0 Å². The lowest BCUT2D eigenvalue weighted by molar-refractivity contribution is -1.07. The normalized spacial score (nSPS) is 25.5. The Bertz CT molecular complexity index is 257. The minimum atomic E-state index is -0.343. The van der Waals surface area contributed by atoms with E-state index in [0.717, 1.165) is 4.70 Å². The van der Waals surface area contributed by atoms with Gasteiger partial charge in [-0.25, -0.2) is 0 Å². The van der Waals surface area contributed by atoms with Gasteiger partial charge in [0.05, 0.1) is 0 Å². The lowest BCUT2D eigenvalue weighted by Crippen LogP contribution is -2.75. The van der Waals surface area contributed by atoms with Crippen LogP contribution in [0.1, 0.15) is 0 Å². The van der Waals surface area contributed by atoms with Crippen LogP contribution in [0.3, 0.4) is 0 Å². The van der Waals surface area contributed by atoms with Crippen molar-refractivity contribution < 1.29 is 4.70 Å². The van der Waals surface area contributed by atoms with E-state index in [2.05, 4.69) is 84.4 Å². The SMILES string of the molecule is CN(C)N1[SiH2]N(N(C)C)[SiH2]N([N+](C)(C)N(C)C)[SiH2]1. The van der Waals surface area contributed by atoms with E-state index in [1.54, 1.807) is 0 Å². The third kappa shape index (κ3) is 3.69. The van der Waals surface area contributed by atoms with Gasteiger partial charge in [-0.1, -0.05) is 0 Å². The van der Waals surface area contributed by atoms with Crippen molar-refractivity contribution >= 4 is 29.5 Å². The van der Waals surface area contributed by atoms with Gasteiger partial charge in [0.15, 0.2) is 9.84 Å². The first-order chi connectivity index (χ1) is 8.16. The van der Waals surface area contributed by atoms with Crippen LogP contribution < -0.4 is 0 Å². The predicted octanol–water partition coefficient (Wildman–Crippen LogP) is -3.68. The van der Waals surface area contributed by atoms with Crippen LogP contribution in [0, 0.1) is 0 Å². The molecular weight excluding hydrogens is 278 g/mol. The van der Waals surface area contributed by atoms with Gasteiger partial charge in [-0.2, -0.15) is 9.04 Å². The molecule has 0 amide bonds. The van der Waals surface area contributed by atoms with Crippen LogP contribution in [-0.2, 0) is 0 Å². The van der Waals surface area contributed by atoms with Crippen LogP contribution in [0.15, 0.2) is 0 Å². The second kappa shape index (κ2) is 6.21. The highest BCUT2D eigenvalue weighted by atomic mass is 28.4. The number of hydrogen-bond acceptors (Lipinski definition) is 6. The Hall–Kier alpha value is 0.371. The lowest BCUT2D eigenvalue weighted by atomic mass is 10.9. The van der Waals surface area contributed by atoms with Crippen molar-refractivity contribution in [1.82, 2.24) is 28.0 Å². The quantitative estimate of drug-likeness (QED) is 0.301. The third-order valence-corrected chi connectivity index (χ3v) is 13.0. The molecule has 0 aromatic carbocycles. The molecule has 0 aromatic heterocycles. The van der Waals surface area contributed by atoms with Gasteiger partial charge in [0, 0.05) is 42.3 Å². The van der Waals surface area contributed by atoms with Crippen molar-refractivity contribution in [2.24, 2.45) is 0 Å². The van der Waals surface area contributed by atoms with E-state index in [9.17, 15) is 0 Å². The smallest absolute Gasteiger partial charge is 0.235 e. The fraction of sp³-hybridized carbons (Fsp3) is 1.00. The molecule has 0 saturated carbocycles. The largest absolute Gasteiger partial charge is 0.262 e. The zero-order chi connectivity index (χ0) is 14.1. The highest BCUT2D eigenvalue weighted by molar-refractivity contribution is 6.63. The summed E-state index contributed by atoms with van der Waals surface area (Å²) in [5.41, 5.74) is 0. The number of hydrazine groups is 2. The fourth-order valence-corrected chi connectivity index (χ4v) is 12.8. The average molecular weight is 309 g/mol. The highest BCUT2D eigenvalue weighted by Crippen LogP contribution is 2.12. The molecule has 0 aromatic rings. The molecule has 1 fully saturated rings. The van der Waals surface area contributed by atoms with Crippen molar-refractivity contribution in [1.29, 1.82) is 0 Å². The van der Waals surface area contributed by atoms with Crippen molar-refractivity contribution in [2.75, 3.05) is 56.4 Å². The Balaban J connectivity index is 2.85. The average Bonchev–Trinajstić information content (AvgIpc) is 2.27. The molecule has 1 saturated heterocycles. The van der Waals surface area contributed by atoms with E-state index in [0.29, 0.717) is 0 Å². The van der Waals surface area contributed by atoms with E-state index < -0.39 is 0 Å². The fourth-order valence-electron chi connectivity index (χ4n) is 1.77. The predicted molar refractivity (Wildman–Crippen MR) is 84.3 cm³/mol. The Labute approximate surface area is 119 Å². The van der Waals surface area contributed by atoms with Crippen LogP contribution >= 0.6 is 0 Å². The van der Waals surface area contributed by atoms with Crippen LogP contribution in [0.2, 0.25) is 0 Å². The second-order valence-electron chi connectivity index (χ2n) is 5.82. The first kappa shape index (κ1) is 16.4. The zero-order valence-corrected chi connectivity index (χ0v) is 17.5. The summed E-state index contributed by atoms with van der Waals surface area (Å²) in [5.74, 6) is 0. The van der Waals surface area contributed by atoms with E-state index in [4.69, 9.17) is 0 Å². The van der Waals surface area contributed by atoms with Crippen molar-refractivity contribution in [3.05, 3.63) is 0 Å². The highest BCUT2D eigenvalue weighted by Gasteiger charge is 2.38. The maximum absolute atomic E-state index is 2.72. The summed E-state index contributed by atoms with van der Waals surface area (Å²) in [7, 11) is 16.6. The topological polar surface area (TPSA) is 19.4 Å². The Morgan fingerprint density at radius 3 is 1.39 bits per heavy atom. The Kier molecular flexibility index (Phi) is 5.67. The van der Waals surface area contributed by atoms with Crippen LogP contribution in [0.4, 0.5) is 0 Å². The minimum absolute atomic E-state index is 0.301. The molecule has 0 bridgehead atoms. The number of rotatable bonds is 4. The van der Waals surface area contributed by atoms with Gasteiger partial charge in [0.25, 0.3) is 0 Å². The van der Waals surface area contributed by atoms with Gasteiger partial charge in [0.2, 0.25) is 19.7 Å². The molecule has 0 spiro atoms. The molecule has 10 heteroatoms. The first-order valence-corrected chi connectivity index (χ1v) is 10.1. The second-order valence-corrected chi connectivity index (χ2v) is 13.7. The van der Waals surface area contributed by atoms with Gasteiger partial charge >= 0.3 is 0 Å². The summed E-state index contributed by atoms with van der Waals surface area (Å²) in [5, 5.41) is 6.88. The summed E-state index contributed by atoms with van der Waals surface area (Å²) in [6, 6.07) is 0. The van der Waals surface area contributed by atoms with Crippen molar-refractivity contribution in [2.45, 2.75) is 0 Å². The monoisotopic (exact) mass is 308 g/mol. The van der Waals surface area contributed by atoms with Gasteiger partial charge in [-0.15, -0.1) is 5.01 Å². The molecule has 0 N–H and O–H groups in total. The summed E-state index contributed by atoms with van der Waals surface area (Å²) in [6.45, 7) is 0. The van der Waals surface area contributed by atoms with Gasteiger partial charge in [-0.05, 0) is 0 Å².